The van der Waals surface area contributed by atoms with Crippen LogP contribution in [0.4, 0.5) is 0 Å². The maximum atomic E-state index is 12.3. The lowest BCUT2D eigenvalue weighted by Crippen LogP contribution is -2.53. The van der Waals surface area contributed by atoms with Crippen molar-refractivity contribution in [3.63, 3.8) is 0 Å². The summed E-state index contributed by atoms with van der Waals surface area (Å²) >= 11 is 0. The van der Waals surface area contributed by atoms with Crippen LogP contribution in [0.3, 0.4) is 0 Å². The van der Waals surface area contributed by atoms with Gasteiger partial charge < -0.3 is 35.5 Å². The van der Waals surface area contributed by atoms with Gasteiger partial charge in [-0.25, -0.2) is 4.79 Å². The highest BCUT2D eigenvalue weighted by molar-refractivity contribution is 5.85. The number of carbonyl (C=O) groups excluding carboxylic acids is 4. The van der Waals surface area contributed by atoms with Crippen molar-refractivity contribution in [3.8, 4) is 0 Å². The standard InChI is InChI=1S/C30H52N2O9/c1-24(35)20-21-30(22-33,23-34)32-27(37)19-18-25(29(40)41)31-26(36)16-14-12-10-8-6-4-2-3-5-7-9-11-13-15-17-28(38)39/h22,25,34H,2-21,23H2,1H3,(H,31,36)(H,32,37)(H,38,39)(H,40,41). The van der Waals surface area contributed by atoms with Gasteiger partial charge in [0, 0.05) is 25.7 Å². The van der Waals surface area contributed by atoms with E-state index in [1.807, 2.05) is 0 Å². The lowest BCUT2D eigenvalue weighted by Gasteiger charge is -2.27. The minimum atomic E-state index is -1.60. The Labute approximate surface area is 244 Å². The van der Waals surface area contributed by atoms with Crippen LogP contribution in [0.5, 0.6) is 0 Å². The fourth-order valence-corrected chi connectivity index (χ4v) is 4.53. The van der Waals surface area contributed by atoms with Gasteiger partial charge in [-0.3, -0.25) is 14.4 Å². The van der Waals surface area contributed by atoms with Crippen molar-refractivity contribution in [1.82, 2.24) is 10.6 Å². The topological polar surface area (TPSA) is 187 Å². The Bertz CT molecular complexity index is 803. The third-order valence-electron chi connectivity index (χ3n) is 7.16. The van der Waals surface area contributed by atoms with Crippen molar-refractivity contribution in [3.05, 3.63) is 0 Å². The fraction of sp³-hybridized carbons (Fsp3) is 0.800. The van der Waals surface area contributed by atoms with Crippen LogP contribution in [0.25, 0.3) is 0 Å². The van der Waals surface area contributed by atoms with Crippen LogP contribution in [0.1, 0.15) is 135 Å². The first-order valence-electron chi connectivity index (χ1n) is 15.2. The summed E-state index contributed by atoms with van der Waals surface area (Å²) in [5, 5.41) is 32.4. The summed E-state index contributed by atoms with van der Waals surface area (Å²) in [4.78, 5) is 69.2. The number of carboxylic acids is 2. The maximum absolute atomic E-state index is 12.3. The van der Waals surface area contributed by atoms with E-state index in [-0.39, 0.29) is 44.3 Å². The molecule has 0 aromatic heterocycles. The molecule has 2 atom stereocenters. The lowest BCUT2D eigenvalue weighted by atomic mass is 9.94. The Morgan fingerprint density at radius 2 is 1.15 bits per heavy atom. The number of aldehydes is 1. The number of carboxylic acid groups (broad SMARTS) is 2. The molecule has 0 bridgehead atoms. The number of aliphatic hydroxyl groups is 1. The van der Waals surface area contributed by atoms with E-state index in [4.69, 9.17) is 5.11 Å². The predicted molar refractivity (Wildman–Crippen MR) is 154 cm³/mol. The van der Waals surface area contributed by atoms with E-state index >= 15 is 0 Å². The number of nitrogens with one attached hydrogen (secondary N) is 2. The van der Waals surface area contributed by atoms with Gasteiger partial charge in [0.05, 0.1) is 6.61 Å². The summed E-state index contributed by atoms with van der Waals surface area (Å²) in [6.45, 7) is 0.646. The SMILES string of the molecule is CC(=O)CCC(C=O)(CO)NC(=O)CCC(NC(=O)CCCCCCCCCCCCCCCCC(=O)O)C(=O)O. The van der Waals surface area contributed by atoms with Gasteiger partial charge in [0.15, 0.2) is 0 Å². The third kappa shape index (κ3) is 21.6. The van der Waals surface area contributed by atoms with E-state index in [1.165, 1.54) is 45.4 Å². The molecule has 0 saturated carbocycles. The van der Waals surface area contributed by atoms with Crippen LogP contribution in [0.2, 0.25) is 0 Å². The van der Waals surface area contributed by atoms with Crippen molar-refractivity contribution in [2.24, 2.45) is 0 Å². The first kappa shape index (κ1) is 38.2. The van der Waals surface area contributed by atoms with Gasteiger partial charge in [-0.05, 0) is 32.6 Å². The summed E-state index contributed by atoms with van der Waals surface area (Å²) in [6.07, 6.45) is 15.2. The Morgan fingerprint density at radius 1 is 0.683 bits per heavy atom. The largest absolute Gasteiger partial charge is 0.481 e. The minimum Gasteiger partial charge on any atom is -0.481 e. The molecule has 0 aliphatic heterocycles. The molecule has 11 heteroatoms. The molecule has 5 N–H and O–H groups in total. The monoisotopic (exact) mass is 584 g/mol. The number of hydrogen-bond acceptors (Lipinski definition) is 7. The molecule has 0 spiro atoms. The Morgan fingerprint density at radius 3 is 1.54 bits per heavy atom. The van der Waals surface area contributed by atoms with Crippen molar-refractivity contribution < 1.29 is 44.1 Å². The van der Waals surface area contributed by atoms with Gasteiger partial charge in [0.2, 0.25) is 11.8 Å². The zero-order chi connectivity index (χ0) is 30.9. The smallest absolute Gasteiger partial charge is 0.326 e. The number of carbonyl (C=O) groups is 6. The second-order valence-corrected chi connectivity index (χ2v) is 11.0. The van der Waals surface area contributed by atoms with Gasteiger partial charge in [-0.15, -0.1) is 0 Å². The van der Waals surface area contributed by atoms with Crippen LogP contribution in [-0.2, 0) is 28.8 Å². The van der Waals surface area contributed by atoms with E-state index in [0.717, 1.165) is 44.9 Å². The summed E-state index contributed by atoms with van der Waals surface area (Å²) in [6, 6.07) is -1.25. The van der Waals surface area contributed by atoms with Gasteiger partial charge in [-0.1, -0.05) is 77.0 Å². The number of ketones is 1. The van der Waals surface area contributed by atoms with E-state index in [2.05, 4.69) is 10.6 Å². The molecule has 0 rings (SSSR count). The van der Waals surface area contributed by atoms with Crippen LogP contribution in [0.15, 0.2) is 0 Å². The maximum Gasteiger partial charge on any atom is 0.326 e. The van der Waals surface area contributed by atoms with Gasteiger partial charge in [-0.2, -0.15) is 0 Å². The van der Waals surface area contributed by atoms with Gasteiger partial charge in [0.25, 0.3) is 0 Å². The van der Waals surface area contributed by atoms with Crippen LogP contribution in [0, 0.1) is 0 Å². The van der Waals surface area contributed by atoms with E-state index in [9.17, 15) is 39.0 Å². The number of aliphatic hydroxyl groups excluding tert-OH is 1. The first-order valence-corrected chi connectivity index (χ1v) is 15.2. The molecule has 0 aromatic carbocycles. The summed E-state index contributed by atoms with van der Waals surface area (Å²) in [5.74, 6) is -3.22. The molecular formula is C30H52N2O9. The highest BCUT2D eigenvalue weighted by Gasteiger charge is 2.31. The molecule has 0 heterocycles. The normalized spacial score (nSPS) is 13.1. The van der Waals surface area contributed by atoms with Crippen LogP contribution >= 0.6 is 0 Å². The average molecular weight is 585 g/mol. The zero-order valence-corrected chi connectivity index (χ0v) is 24.8. The van der Waals surface area contributed by atoms with Crippen molar-refractivity contribution in [2.75, 3.05) is 6.61 Å². The third-order valence-corrected chi connectivity index (χ3v) is 7.16. The van der Waals surface area contributed by atoms with Crippen molar-refractivity contribution >= 4 is 35.8 Å². The Hall–Kier alpha value is -2.82. The molecular weight excluding hydrogens is 532 g/mol. The Kier molecular flexibility index (Phi) is 22.2. The number of Topliss-reactive ketones (excluding diaryl/α,β-unsaturated/α-hetero) is 1. The van der Waals surface area contributed by atoms with Gasteiger partial charge >= 0.3 is 11.9 Å². The second kappa shape index (κ2) is 23.8. The number of rotatable bonds is 28. The number of aliphatic carboxylic acids is 2. The van der Waals surface area contributed by atoms with E-state index in [0.29, 0.717) is 12.7 Å². The summed E-state index contributed by atoms with van der Waals surface area (Å²) < 4.78 is 0. The second-order valence-electron chi connectivity index (χ2n) is 11.0. The van der Waals surface area contributed by atoms with E-state index in [1.54, 1.807) is 0 Å². The quantitative estimate of drug-likeness (QED) is 0.0667. The zero-order valence-electron chi connectivity index (χ0n) is 24.8. The molecule has 41 heavy (non-hydrogen) atoms. The summed E-state index contributed by atoms with van der Waals surface area (Å²) in [5.41, 5.74) is -1.60. The first-order chi connectivity index (χ1) is 19.5. The fourth-order valence-electron chi connectivity index (χ4n) is 4.53. The molecule has 2 amide bonds. The average Bonchev–Trinajstić information content (AvgIpc) is 2.92. The van der Waals surface area contributed by atoms with E-state index < -0.39 is 41.9 Å². The number of unbranched alkanes of at least 4 members (excludes halogenated alkanes) is 13. The molecule has 236 valence electrons. The minimum absolute atomic E-state index is 0.00565. The van der Waals surface area contributed by atoms with Gasteiger partial charge in [0.1, 0.15) is 23.7 Å². The molecule has 11 nitrogen and oxygen atoms in total. The molecule has 0 radical (unpaired) electrons. The number of amides is 2. The van der Waals surface area contributed by atoms with Crippen LogP contribution in [-0.4, -0.2) is 69.3 Å². The molecule has 0 fully saturated rings. The molecule has 0 aliphatic carbocycles. The van der Waals surface area contributed by atoms with Crippen molar-refractivity contribution in [2.45, 2.75) is 147 Å². The predicted octanol–water partition coefficient (Wildman–Crippen LogP) is 4.08. The molecule has 0 aromatic rings. The highest BCUT2D eigenvalue weighted by Crippen LogP contribution is 2.14. The van der Waals surface area contributed by atoms with Crippen LogP contribution < -0.4 is 10.6 Å². The number of hydrogen-bond donors (Lipinski definition) is 5. The molecule has 0 aliphatic rings. The Balaban J connectivity index is 3.97. The molecule has 0 saturated heterocycles. The highest BCUT2D eigenvalue weighted by atomic mass is 16.4. The van der Waals surface area contributed by atoms with Crippen molar-refractivity contribution in [1.29, 1.82) is 0 Å². The molecule has 2 unspecified atom stereocenters. The lowest BCUT2D eigenvalue weighted by molar-refractivity contribution is -0.142. The summed E-state index contributed by atoms with van der Waals surface area (Å²) in [7, 11) is 0.